The first kappa shape index (κ1) is 17.9. The van der Waals surface area contributed by atoms with E-state index in [0.29, 0.717) is 0 Å². The van der Waals surface area contributed by atoms with E-state index in [-0.39, 0.29) is 0 Å². The van der Waals surface area contributed by atoms with Crippen molar-refractivity contribution >= 4 is 16.7 Å². The van der Waals surface area contributed by atoms with Gasteiger partial charge in [0.1, 0.15) is 5.65 Å². The highest BCUT2D eigenvalue weighted by molar-refractivity contribution is 5.95. The number of hydrogen-bond acceptors (Lipinski definition) is 4. The zero-order chi connectivity index (χ0) is 19.8. The van der Waals surface area contributed by atoms with Crippen LogP contribution in [0, 0.1) is 0 Å². The maximum atomic E-state index is 4.66. The van der Waals surface area contributed by atoms with Crippen LogP contribution in [0.5, 0.6) is 0 Å². The van der Waals surface area contributed by atoms with Gasteiger partial charge in [-0.1, -0.05) is 12.1 Å². The van der Waals surface area contributed by atoms with Crippen LogP contribution >= 0.6 is 0 Å². The topological polar surface area (TPSA) is 53.0 Å². The third-order valence-electron chi connectivity index (χ3n) is 5.89. The molecule has 0 saturated carbocycles. The molecule has 1 aliphatic rings. The largest absolute Gasteiger partial charge is 0.369 e. The van der Waals surface area contributed by atoms with Crippen LogP contribution in [0.2, 0.25) is 0 Å². The van der Waals surface area contributed by atoms with Gasteiger partial charge >= 0.3 is 0 Å². The number of H-pyrrole nitrogens is 1. The third kappa shape index (κ3) is 3.29. The van der Waals surface area contributed by atoms with Crippen LogP contribution in [0.1, 0.15) is 6.92 Å². The van der Waals surface area contributed by atoms with E-state index >= 15 is 0 Å². The summed E-state index contributed by atoms with van der Waals surface area (Å²) in [7, 11) is 2.19. The number of nitrogens with one attached hydrogen (secondary N) is 1. The van der Waals surface area contributed by atoms with Gasteiger partial charge in [-0.05, 0) is 43.8 Å². The minimum absolute atomic E-state index is 0.843. The molecular formula is C23H26N6. The molecule has 6 nitrogen and oxygen atoms in total. The number of nitrogens with zero attached hydrogens (tertiary/aromatic N) is 5. The van der Waals surface area contributed by atoms with Crippen molar-refractivity contribution in [1.29, 1.82) is 0 Å². The Hall–Kier alpha value is -3.12. The minimum atomic E-state index is 0.843. The van der Waals surface area contributed by atoms with Crippen LogP contribution in [0.3, 0.4) is 0 Å². The molecule has 148 valence electrons. The average molecular weight is 387 g/mol. The molecule has 1 saturated heterocycles. The Bertz CT molecular complexity index is 1120. The fraction of sp³-hybridized carbons (Fsp3) is 0.304. The zero-order valence-electron chi connectivity index (χ0n) is 17.0. The SMILES string of the molecule is CCn1nccc1-c1c[nH]c2ncc(-c3ccc(N4CCN(C)CC4)cc3)cc12. The van der Waals surface area contributed by atoms with Crippen LogP contribution in [-0.4, -0.2) is 57.9 Å². The lowest BCUT2D eigenvalue weighted by Gasteiger charge is -2.34. The number of aromatic nitrogens is 4. The van der Waals surface area contributed by atoms with Crippen molar-refractivity contribution in [2.75, 3.05) is 38.1 Å². The summed E-state index contributed by atoms with van der Waals surface area (Å²) < 4.78 is 2.01. The first-order chi connectivity index (χ1) is 14.2. The zero-order valence-corrected chi connectivity index (χ0v) is 17.0. The normalized spacial score (nSPS) is 15.3. The van der Waals surface area contributed by atoms with Crippen molar-refractivity contribution < 1.29 is 0 Å². The molecule has 0 spiro atoms. The molecule has 4 heterocycles. The van der Waals surface area contributed by atoms with Crippen molar-refractivity contribution in [3.63, 3.8) is 0 Å². The molecule has 3 aromatic heterocycles. The molecule has 6 heteroatoms. The molecule has 0 unspecified atom stereocenters. The van der Waals surface area contributed by atoms with Crippen molar-refractivity contribution in [1.82, 2.24) is 24.6 Å². The Morgan fingerprint density at radius 1 is 1.00 bits per heavy atom. The summed E-state index contributed by atoms with van der Waals surface area (Å²) in [5.41, 5.74) is 6.77. The van der Waals surface area contributed by atoms with E-state index < -0.39 is 0 Å². The number of rotatable bonds is 4. The molecule has 0 bridgehead atoms. The lowest BCUT2D eigenvalue weighted by molar-refractivity contribution is 0.313. The number of hydrogen-bond donors (Lipinski definition) is 1. The van der Waals surface area contributed by atoms with E-state index in [4.69, 9.17) is 0 Å². The number of fused-ring (bicyclic) bond motifs is 1. The molecule has 0 atom stereocenters. The van der Waals surface area contributed by atoms with E-state index in [0.717, 1.165) is 60.6 Å². The molecule has 1 aliphatic heterocycles. The van der Waals surface area contributed by atoms with Gasteiger partial charge in [0.2, 0.25) is 0 Å². The van der Waals surface area contributed by atoms with Gasteiger partial charge < -0.3 is 14.8 Å². The second-order valence-electron chi connectivity index (χ2n) is 7.69. The Morgan fingerprint density at radius 3 is 2.55 bits per heavy atom. The van der Waals surface area contributed by atoms with Gasteiger partial charge in [-0.3, -0.25) is 4.68 Å². The lowest BCUT2D eigenvalue weighted by Crippen LogP contribution is -2.44. The standard InChI is InChI=1S/C23H26N6/c1-3-29-22(8-9-26-29)21-16-25-23-20(21)14-18(15-24-23)17-4-6-19(7-5-17)28-12-10-27(2)11-13-28/h4-9,14-16H,3,10-13H2,1-2H3,(H,24,25). The number of pyridine rings is 1. The summed E-state index contributed by atoms with van der Waals surface area (Å²) >= 11 is 0. The minimum Gasteiger partial charge on any atom is -0.369 e. The summed E-state index contributed by atoms with van der Waals surface area (Å²) in [6.45, 7) is 7.36. The highest BCUT2D eigenvalue weighted by Gasteiger charge is 2.15. The highest BCUT2D eigenvalue weighted by atomic mass is 15.3. The van der Waals surface area contributed by atoms with Crippen LogP contribution in [-0.2, 0) is 6.54 Å². The first-order valence-electron chi connectivity index (χ1n) is 10.3. The quantitative estimate of drug-likeness (QED) is 0.579. The monoisotopic (exact) mass is 386 g/mol. The van der Waals surface area contributed by atoms with Gasteiger partial charge in [-0.2, -0.15) is 5.10 Å². The molecule has 4 aromatic rings. The van der Waals surface area contributed by atoms with Gasteiger partial charge in [-0.15, -0.1) is 0 Å². The van der Waals surface area contributed by atoms with Gasteiger partial charge in [0.15, 0.2) is 0 Å². The first-order valence-corrected chi connectivity index (χ1v) is 10.3. The van der Waals surface area contributed by atoms with E-state index in [1.807, 2.05) is 23.3 Å². The molecule has 0 amide bonds. The summed E-state index contributed by atoms with van der Waals surface area (Å²) in [6, 6.07) is 13.2. The van der Waals surface area contributed by atoms with Crippen LogP contribution in [0.25, 0.3) is 33.4 Å². The van der Waals surface area contributed by atoms with Crippen molar-refractivity contribution in [3.05, 3.63) is 55.0 Å². The van der Waals surface area contributed by atoms with Crippen molar-refractivity contribution in [2.45, 2.75) is 13.5 Å². The van der Waals surface area contributed by atoms with E-state index in [9.17, 15) is 0 Å². The van der Waals surface area contributed by atoms with Gasteiger partial charge in [0.25, 0.3) is 0 Å². The second-order valence-corrected chi connectivity index (χ2v) is 7.69. The number of piperazine rings is 1. The van der Waals surface area contributed by atoms with Gasteiger partial charge in [-0.25, -0.2) is 4.98 Å². The van der Waals surface area contributed by atoms with E-state index in [1.165, 1.54) is 11.3 Å². The molecule has 5 rings (SSSR count). The molecule has 1 fully saturated rings. The second kappa shape index (κ2) is 7.37. The van der Waals surface area contributed by atoms with Gasteiger partial charge in [0.05, 0.1) is 5.69 Å². The summed E-state index contributed by atoms with van der Waals surface area (Å²) in [6.07, 6.45) is 5.83. The number of likely N-dealkylation sites (N-methyl/N-ethyl adjacent to an activating group) is 1. The van der Waals surface area contributed by atoms with Crippen LogP contribution in [0.15, 0.2) is 55.0 Å². The molecule has 0 radical (unpaired) electrons. The Balaban J connectivity index is 1.47. The third-order valence-corrected chi connectivity index (χ3v) is 5.89. The van der Waals surface area contributed by atoms with Gasteiger partial charge in [0, 0.05) is 73.5 Å². The Kier molecular flexibility index (Phi) is 4.56. The number of aryl methyl sites for hydroxylation is 1. The van der Waals surface area contributed by atoms with Crippen LogP contribution < -0.4 is 4.90 Å². The summed E-state index contributed by atoms with van der Waals surface area (Å²) in [4.78, 5) is 12.8. The summed E-state index contributed by atoms with van der Waals surface area (Å²) in [5.74, 6) is 0. The number of anilines is 1. The van der Waals surface area contributed by atoms with E-state index in [2.05, 4.69) is 75.2 Å². The lowest BCUT2D eigenvalue weighted by atomic mass is 10.0. The van der Waals surface area contributed by atoms with Crippen molar-refractivity contribution in [3.8, 4) is 22.4 Å². The molecule has 1 N–H and O–H groups in total. The highest BCUT2D eigenvalue weighted by Crippen LogP contribution is 2.31. The maximum absolute atomic E-state index is 4.66. The smallest absolute Gasteiger partial charge is 0.137 e. The Morgan fingerprint density at radius 2 is 1.79 bits per heavy atom. The number of benzene rings is 1. The Labute approximate surface area is 170 Å². The molecule has 0 aliphatic carbocycles. The predicted molar refractivity (Wildman–Crippen MR) is 118 cm³/mol. The fourth-order valence-corrected chi connectivity index (χ4v) is 4.12. The fourth-order valence-electron chi connectivity index (χ4n) is 4.12. The van der Waals surface area contributed by atoms with E-state index in [1.54, 1.807) is 0 Å². The number of aromatic amines is 1. The van der Waals surface area contributed by atoms with Crippen LogP contribution in [0.4, 0.5) is 5.69 Å². The van der Waals surface area contributed by atoms with Crippen molar-refractivity contribution in [2.24, 2.45) is 0 Å². The summed E-state index contributed by atoms with van der Waals surface area (Å²) in [5, 5.41) is 5.54. The average Bonchev–Trinajstić information content (AvgIpc) is 3.40. The molecular weight excluding hydrogens is 360 g/mol. The predicted octanol–water partition coefficient (Wildman–Crippen LogP) is 3.87. The molecule has 1 aromatic carbocycles. The molecule has 29 heavy (non-hydrogen) atoms. The maximum Gasteiger partial charge on any atom is 0.137 e.